The molecule has 0 radical (unpaired) electrons. The maximum atomic E-state index is 12.7. The zero-order valence-corrected chi connectivity index (χ0v) is 36.6. The van der Waals surface area contributed by atoms with E-state index in [9.17, 15) is 19.0 Å². The first-order valence-electron chi connectivity index (χ1n) is 22.0. The fourth-order valence-electron chi connectivity index (χ4n) is 6.20. The summed E-state index contributed by atoms with van der Waals surface area (Å²) in [6.07, 6.45) is 39.5. The Kier molecular flexibility index (Phi) is 36.1. The van der Waals surface area contributed by atoms with Gasteiger partial charge in [-0.2, -0.15) is 0 Å². The van der Waals surface area contributed by atoms with E-state index in [4.69, 9.17) is 18.5 Å². The van der Waals surface area contributed by atoms with Crippen LogP contribution in [0, 0.1) is 0 Å². The average molecular weight is 787 g/mol. The van der Waals surface area contributed by atoms with Crippen molar-refractivity contribution in [3.05, 3.63) is 24.3 Å². The molecule has 0 aromatic heterocycles. The third-order valence-corrected chi connectivity index (χ3v) is 10.6. The second kappa shape index (κ2) is 37.1. The molecule has 0 spiro atoms. The Morgan fingerprint density at radius 1 is 0.556 bits per heavy atom. The van der Waals surface area contributed by atoms with Crippen molar-refractivity contribution in [2.75, 3.05) is 47.5 Å². The SMILES string of the molecule is C/C=C\CCCCCCCCCCCCCCC(=O)OC[C@H](COP(=O)(O)OCC[N+](C)(C)C)OC(=O)CCCCCCCCCCCCCC/C=C\C. The summed E-state index contributed by atoms with van der Waals surface area (Å²) in [5.41, 5.74) is 0. The van der Waals surface area contributed by atoms with E-state index in [0.717, 1.165) is 32.1 Å². The van der Waals surface area contributed by atoms with Crippen LogP contribution in [0.3, 0.4) is 0 Å². The van der Waals surface area contributed by atoms with E-state index < -0.39 is 26.5 Å². The van der Waals surface area contributed by atoms with Gasteiger partial charge in [-0.25, -0.2) is 4.57 Å². The van der Waals surface area contributed by atoms with Crippen LogP contribution in [0.4, 0.5) is 0 Å². The van der Waals surface area contributed by atoms with Gasteiger partial charge in [-0.15, -0.1) is 0 Å². The summed E-state index contributed by atoms with van der Waals surface area (Å²) in [6.45, 7) is 4.08. The van der Waals surface area contributed by atoms with E-state index in [1.54, 1.807) is 0 Å². The lowest BCUT2D eigenvalue weighted by atomic mass is 10.0. The second-order valence-corrected chi connectivity index (χ2v) is 17.6. The fraction of sp³-hybridized carbons (Fsp3) is 0.864. The summed E-state index contributed by atoms with van der Waals surface area (Å²) in [7, 11) is 1.48. The van der Waals surface area contributed by atoms with Gasteiger partial charge in [0.2, 0.25) is 0 Å². The minimum atomic E-state index is -4.37. The number of carbonyl (C=O) groups is 2. The molecule has 1 N–H and O–H groups in total. The summed E-state index contributed by atoms with van der Waals surface area (Å²) in [4.78, 5) is 35.4. The minimum Gasteiger partial charge on any atom is -0.462 e. The molecule has 0 saturated carbocycles. The van der Waals surface area contributed by atoms with Crippen LogP contribution in [0.25, 0.3) is 0 Å². The number of rotatable bonds is 40. The Labute approximate surface area is 332 Å². The Bertz CT molecular complexity index is 980. The van der Waals surface area contributed by atoms with Gasteiger partial charge in [-0.05, 0) is 52.4 Å². The van der Waals surface area contributed by atoms with Crippen molar-refractivity contribution in [2.24, 2.45) is 0 Å². The zero-order valence-electron chi connectivity index (χ0n) is 35.7. The van der Waals surface area contributed by atoms with E-state index >= 15 is 0 Å². The van der Waals surface area contributed by atoms with Gasteiger partial charge in [0, 0.05) is 12.8 Å². The Morgan fingerprint density at radius 3 is 1.31 bits per heavy atom. The molecule has 0 aliphatic heterocycles. The molecule has 0 rings (SSSR count). The van der Waals surface area contributed by atoms with Crippen LogP contribution in [-0.4, -0.2) is 74.9 Å². The number of hydrogen-bond donors (Lipinski definition) is 1. The van der Waals surface area contributed by atoms with E-state index in [0.29, 0.717) is 23.9 Å². The number of esters is 2. The highest BCUT2D eigenvalue weighted by molar-refractivity contribution is 7.47. The van der Waals surface area contributed by atoms with Crippen LogP contribution < -0.4 is 0 Å². The number of hydrogen-bond acceptors (Lipinski definition) is 7. The Balaban J connectivity index is 4.31. The molecule has 0 saturated heterocycles. The van der Waals surface area contributed by atoms with Crippen LogP contribution in [0.5, 0.6) is 0 Å². The van der Waals surface area contributed by atoms with Crippen LogP contribution in [0.1, 0.15) is 194 Å². The number of phosphoric acid groups is 1. The van der Waals surface area contributed by atoms with Crippen molar-refractivity contribution < 1.29 is 42.1 Å². The molecule has 0 aliphatic rings. The maximum absolute atomic E-state index is 12.7. The molecule has 9 nitrogen and oxygen atoms in total. The largest absolute Gasteiger partial charge is 0.472 e. The average Bonchev–Trinajstić information content (AvgIpc) is 3.12. The number of carbonyl (C=O) groups excluding carboxylic acids is 2. The third-order valence-electron chi connectivity index (χ3n) is 9.64. The first-order chi connectivity index (χ1) is 26.0. The molecule has 0 amide bonds. The van der Waals surface area contributed by atoms with Gasteiger partial charge in [0.1, 0.15) is 19.8 Å². The highest BCUT2D eigenvalue weighted by Gasteiger charge is 2.27. The molecule has 0 aliphatic carbocycles. The lowest BCUT2D eigenvalue weighted by Gasteiger charge is -2.24. The number of nitrogens with zero attached hydrogens (tertiary/aromatic N) is 1. The van der Waals surface area contributed by atoms with Gasteiger partial charge >= 0.3 is 19.8 Å². The predicted octanol–water partition coefficient (Wildman–Crippen LogP) is 12.4. The Hall–Kier alpha value is -1.51. The normalized spacial score (nSPS) is 13.8. The first kappa shape index (κ1) is 52.5. The van der Waals surface area contributed by atoms with Gasteiger partial charge in [0.15, 0.2) is 6.10 Å². The molecular weight excluding hydrogens is 701 g/mol. The molecule has 0 heterocycles. The molecule has 54 heavy (non-hydrogen) atoms. The topological polar surface area (TPSA) is 108 Å². The van der Waals surface area contributed by atoms with Gasteiger partial charge in [0.25, 0.3) is 0 Å². The molecule has 0 aromatic carbocycles. The highest BCUT2D eigenvalue weighted by Crippen LogP contribution is 2.43. The molecule has 0 aromatic rings. The van der Waals surface area contributed by atoms with Crippen LogP contribution in [0.15, 0.2) is 24.3 Å². The number of quaternary nitrogens is 1. The van der Waals surface area contributed by atoms with Crippen molar-refractivity contribution in [1.82, 2.24) is 0 Å². The van der Waals surface area contributed by atoms with Gasteiger partial charge in [-0.3, -0.25) is 18.6 Å². The van der Waals surface area contributed by atoms with Gasteiger partial charge in [-0.1, -0.05) is 153 Å². The Morgan fingerprint density at radius 2 is 0.926 bits per heavy atom. The zero-order chi connectivity index (χ0) is 40.0. The molecule has 10 heteroatoms. The maximum Gasteiger partial charge on any atom is 0.472 e. The highest BCUT2D eigenvalue weighted by atomic mass is 31.2. The van der Waals surface area contributed by atoms with Gasteiger partial charge < -0.3 is 18.9 Å². The van der Waals surface area contributed by atoms with Crippen molar-refractivity contribution in [3.63, 3.8) is 0 Å². The number of likely N-dealkylation sites (N-methyl/N-ethyl adjacent to an activating group) is 1. The van der Waals surface area contributed by atoms with Crippen molar-refractivity contribution in [1.29, 1.82) is 0 Å². The first-order valence-corrected chi connectivity index (χ1v) is 23.5. The molecule has 1 unspecified atom stereocenters. The number of allylic oxidation sites excluding steroid dienone is 4. The molecule has 318 valence electrons. The summed E-state index contributed by atoms with van der Waals surface area (Å²) in [5, 5.41) is 0. The molecule has 0 fully saturated rings. The quantitative estimate of drug-likeness (QED) is 0.0215. The molecule has 0 bridgehead atoms. The van der Waals surface area contributed by atoms with E-state index in [1.165, 1.54) is 128 Å². The summed E-state index contributed by atoms with van der Waals surface area (Å²) >= 11 is 0. The van der Waals surface area contributed by atoms with Crippen molar-refractivity contribution in [3.8, 4) is 0 Å². The fourth-order valence-corrected chi connectivity index (χ4v) is 6.94. The minimum absolute atomic E-state index is 0.0334. The number of ether oxygens (including phenoxy) is 2. The second-order valence-electron chi connectivity index (χ2n) is 16.1. The van der Waals surface area contributed by atoms with Crippen LogP contribution >= 0.6 is 7.82 Å². The summed E-state index contributed by atoms with van der Waals surface area (Å²) in [6, 6.07) is 0. The van der Waals surface area contributed by atoms with E-state index in [2.05, 4.69) is 38.2 Å². The summed E-state index contributed by atoms with van der Waals surface area (Å²) in [5.74, 6) is -0.794. The molecular formula is C44H85NO8P+. The van der Waals surface area contributed by atoms with Crippen molar-refractivity contribution >= 4 is 19.8 Å². The van der Waals surface area contributed by atoms with Crippen LogP contribution in [0.2, 0.25) is 0 Å². The standard InChI is InChI=1S/C44H84NO8P/c1-6-8-10-12-14-16-18-20-22-24-26-28-30-32-34-36-43(46)50-40-42(41-52-54(48,49)51-39-38-45(3,4)5)53-44(47)37-35-33-31-29-27-25-23-21-19-17-15-13-11-9-7-2/h6-9,42H,10-41H2,1-5H3/p+1/b8-6-,9-7-/t42-/m1/s1. The monoisotopic (exact) mass is 787 g/mol. The smallest absolute Gasteiger partial charge is 0.462 e. The van der Waals surface area contributed by atoms with E-state index in [1.807, 2.05) is 21.1 Å². The third kappa shape index (κ3) is 40.2. The predicted molar refractivity (Wildman–Crippen MR) is 224 cm³/mol. The lowest BCUT2D eigenvalue weighted by Crippen LogP contribution is -2.37. The molecule has 2 atom stereocenters. The van der Waals surface area contributed by atoms with E-state index in [-0.39, 0.29) is 25.6 Å². The number of phosphoric ester groups is 1. The van der Waals surface area contributed by atoms with Crippen molar-refractivity contribution in [2.45, 2.75) is 200 Å². The van der Waals surface area contributed by atoms with Crippen LogP contribution in [-0.2, 0) is 32.7 Å². The lowest BCUT2D eigenvalue weighted by molar-refractivity contribution is -0.870. The van der Waals surface area contributed by atoms with Gasteiger partial charge in [0.05, 0.1) is 27.7 Å². The number of unbranched alkanes of at least 4 members (excludes halogenated alkanes) is 24. The summed E-state index contributed by atoms with van der Waals surface area (Å²) < 4.78 is 34.3.